The van der Waals surface area contributed by atoms with Crippen LogP contribution < -0.4 is 10.6 Å². The van der Waals surface area contributed by atoms with Gasteiger partial charge < -0.3 is 5.32 Å². The zero-order valence-electron chi connectivity index (χ0n) is 11.1. The third-order valence-electron chi connectivity index (χ3n) is 2.42. The summed E-state index contributed by atoms with van der Waals surface area (Å²) in [7, 11) is 0. The molecule has 0 atom stereocenters. The van der Waals surface area contributed by atoms with Crippen LogP contribution in [0.3, 0.4) is 0 Å². The van der Waals surface area contributed by atoms with E-state index in [9.17, 15) is 19.7 Å². The Kier molecular flexibility index (Phi) is 4.68. The Morgan fingerprint density at radius 2 is 1.91 bits per heavy atom. The second-order valence-corrected chi connectivity index (χ2v) is 5.42. The molecule has 2 N–H and O–H groups in total. The molecule has 1 heterocycles. The number of hydrogen-bond acceptors (Lipinski definition) is 6. The molecule has 0 aliphatic carbocycles. The predicted octanol–water partition coefficient (Wildman–Crippen LogP) is 2.92. The number of thiazole rings is 1. The summed E-state index contributed by atoms with van der Waals surface area (Å²) in [5.41, 5.74) is 0.861. The summed E-state index contributed by atoms with van der Waals surface area (Å²) in [4.78, 5) is 36.6. The number of benzene rings is 1. The molecule has 10 heteroatoms. The fourth-order valence-electron chi connectivity index (χ4n) is 1.54. The van der Waals surface area contributed by atoms with Crippen LogP contribution in [0.4, 0.5) is 15.8 Å². The Morgan fingerprint density at radius 1 is 1.27 bits per heavy atom. The van der Waals surface area contributed by atoms with Gasteiger partial charge in [-0.1, -0.05) is 11.6 Å². The highest BCUT2D eigenvalue weighted by atomic mass is 35.5. The molecule has 0 aliphatic heterocycles. The molecule has 0 aliphatic rings. The maximum atomic E-state index is 12.0. The molecular weight excluding hydrogens is 332 g/mol. The van der Waals surface area contributed by atoms with E-state index >= 15 is 0 Å². The van der Waals surface area contributed by atoms with Crippen LogP contribution in [0.5, 0.6) is 0 Å². The van der Waals surface area contributed by atoms with Crippen molar-refractivity contribution < 1.29 is 14.5 Å². The lowest BCUT2D eigenvalue weighted by molar-refractivity contribution is -0.380. The Morgan fingerprint density at radius 3 is 2.41 bits per heavy atom. The number of halogens is 1. The van der Waals surface area contributed by atoms with Gasteiger partial charge in [-0.3, -0.25) is 25.0 Å². The number of rotatable bonds is 4. The smallest absolute Gasteiger partial charge is 0.326 e. The van der Waals surface area contributed by atoms with Gasteiger partial charge in [0.15, 0.2) is 5.13 Å². The van der Waals surface area contributed by atoms with E-state index in [0.29, 0.717) is 22.6 Å². The molecule has 0 saturated heterocycles. The number of carbonyl (C=O) groups is 2. The largest absolute Gasteiger partial charge is 0.364 e. The van der Waals surface area contributed by atoms with Crippen LogP contribution >= 0.6 is 22.9 Å². The van der Waals surface area contributed by atoms with Crippen LogP contribution in [-0.4, -0.2) is 21.7 Å². The van der Waals surface area contributed by atoms with Crippen LogP contribution in [0.1, 0.15) is 17.3 Å². The highest BCUT2D eigenvalue weighted by molar-refractivity contribution is 7.19. The molecule has 0 saturated carbocycles. The van der Waals surface area contributed by atoms with Gasteiger partial charge in [0.05, 0.1) is 4.92 Å². The Labute approximate surface area is 133 Å². The predicted molar refractivity (Wildman–Crippen MR) is 82.5 cm³/mol. The van der Waals surface area contributed by atoms with Gasteiger partial charge in [-0.15, -0.1) is 0 Å². The molecule has 0 unspecified atom stereocenters. The van der Waals surface area contributed by atoms with E-state index in [4.69, 9.17) is 11.6 Å². The highest BCUT2D eigenvalue weighted by Gasteiger charge is 2.20. The topological polar surface area (TPSA) is 114 Å². The Hall–Kier alpha value is -2.52. The van der Waals surface area contributed by atoms with E-state index in [1.807, 2.05) is 0 Å². The maximum absolute atomic E-state index is 12.0. The fourth-order valence-corrected chi connectivity index (χ4v) is 2.52. The zero-order valence-corrected chi connectivity index (χ0v) is 12.7. The number of hydrogen-bond donors (Lipinski definition) is 2. The lowest BCUT2D eigenvalue weighted by atomic mass is 10.2. The summed E-state index contributed by atoms with van der Waals surface area (Å²) < 4.78 is 0. The number of nitrogens with zero attached hydrogens (tertiary/aromatic N) is 2. The van der Waals surface area contributed by atoms with Crippen LogP contribution in [0.15, 0.2) is 24.3 Å². The average Bonchev–Trinajstić information content (AvgIpc) is 2.79. The van der Waals surface area contributed by atoms with Crippen molar-refractivity contribution in [2.24, 2.45) is 0 Å². The number of anilines is 2. The lowest BCUT2D eigenvalue weighted by Crippen LogP contribution is -2.12. The van der Waals surface area contributed by atoms with Crippen molar-refractivity contribution in [3.8, 4) is 0 Å². The van der Waals surface area contributed by atoms with E-state index in [2.05, 4.69) is 15.6 Å². The third-order valence-corrected chi connectivity index (χ3v) is 3.72. The molecule has 1 aromatic carbocycles. The molecule has 22 heavy (non-hydrogen) atoms. The second-order valence-electron chi connectivity index (χ2n) is 4.08. The lowest BCUT2D eigenvalue weighted by Gasteiger charge is -2.04. The van der Waals surface area contributed by atoms with Crippen LogP contribution in [0.2, 0.25) is 5.15 Å². The van der Waals surface area contributed by atoms with Gasteiger partial charge in [0, 0.05) is 18.2 Å². The number of aromatic nitrogens is 1. The molecule has 0 radical (unpaired) electrons. The minimum atomic E-state index is -0.669. The summed E-state index contributed by atoms with van der Waals surface area (Å²) in [6.45, 7) is 1.37. The maximum Gasteiger partial charge on any atom is 0.364 e. The van der Waals surface area contributed by atoms with Gasteiger partial charge in [0.1, 0.15) is 0 Å². The van der Waals surface area contributed by atoms with E-state index in [0.717, 1.165) is 0 Å². The normalized spacial score (nSPS) is 10.1. The minimum absolute atomic E-state index is 0.0348. The summed E-state index contributed by atoms with van der Waals surface area (Å²) in [6.07, 6.45) is 0. The van der Waals surface area contributed by atoms with Gasteiger partial charge >= 0.3 is 5.00 Å². The fraction of sp³-hybridized carbons (Fsp3) is 0.0833. The monoisotopic (exact) mass is 340 g/mol. The van der Waals surface area contributed by atoms with Gasteiger partial charge in [-0.2, -0.15) is 0 Å². The SMILES string of the molecule is CC(=O)Nc1ccc(C(=O)Nc2nc(Cl)c([N+](=O)[O-])s2)cc1. The van der Waals surface area contributed by atoms with E-state index < -0.39 is 10.8 Å². The van der Waals surface area contributed by atoms with E-state index in [1.54, 1.807) is 12.1 Å². The summed E-state index contributed by atoms with van der Waals surface area (Å²) in [5, 5.41) is 15.1. The second kappa shape index (κ2) is 6.50. The number of carbonyl (C=O) groups excluding carboxylic acids is 2. The molecule has 114 valence electrons. The molecule has 0 spiro atoms. The summed E-state index contributed by atoms with van der Waals surface area (Å²) in [6, 6.07) is 6.13. The molecule has 2 aromatic rings. The van der Waals surface area contributed by atoms with Crippen molar-refractivity contribution in [3.63, 3.8) is 0 Å². The first-order valence-electron chi connectivity index (χ1n) is 5.86. The van der Waals surface area contributed by atoms with Crippen molar-refractivity contribution in [1.82, 2.24) is 4.98 Å². The number of nitro groups is 1. The van der Waals surface area contributed by atoms with Gasteiger partial charge in [-0.25, -0.2) is 4.98 Å². The molecular formula is C12H9ClN4O4S. The molecule has 0 fully saturated rings. The Balaban J connectivity index is 2.10. The Bertz CT molecular complexity index is 744. The van der Waals surface area contributed by atoms with Crippen molar-refractivity contribution >= 4 is 50.6 Å². The first-order valence-corrected chi connectivity index (χ1v) is 7.06. The van der Waals surface area contributed by atoms with E-state index in [-0.39, 0.29) is 21.2 Å². The van der Waals surface area contributed by atoms with Crippen LogP contribution in [0.25, 0.3) is 0 Å². The van der Waals surface area contributed by atoms with E-state index in [1.165, 1.54) is 19.1 Å². The summed E-state index contributed by atoms with van der Waals surface area (Å²) >= 11 is 6.28. The quantitative estimate of drug-likeness (QED) is 0.656. The van der Waals surface area contributed by atoms with Crippen molar-refractivity contribution in [3.05, 3.63) is 45.1 Å². The molecule has 2 amide bonds. The van der Waals surface area contributed by atoms with Crippen molar-refractivity contribution in [1.29, 1.82) is 0 Å². The average molecular weight is 341 g/mol. The first kappa shape index (κ1) is 15.9. The molecule has 8 nitrogen and oxygen atoms in total. The third kappa shape index (κ3) is 3.77. The molecule has 0 bridgehead atoms. The molecule has 1 aromatic heterocycles. The van der Waals surface area contributed by atoms with Gasteiger partial charge in [0.2, 0.25) is 11.1 Å². The zero-order chi connectivity index (χ0) is 16.3. The summed E-state index contributed by atoms with van der Waals surface area (Å²) in [5.74, 6) is -0.711. The van der Waals surface area contributed by atoms with Gasteiger partial charge in [-0.05, 0) is 35.6 Å². The van der Waals surface area contributed by atoms with Crippen molar-refractivity contribution in [2.45, 2.75) is 6.92 Å². The number of amides is 2. The molecule has 2 rings (SSSR count). The van der Waals surface area contributed by atoms with Gasteiger partial charge in [0.25, 0.3) is 5.91 Å². The standard InChI is InChI=1S/C12H9ClN4O4S/c1-6(18)14-8-4-2-7(3-5-8)10(19)16-12-15-9(13)11(22-12)17(20)21/h2-5H,1H3,(H,14,18)(H,15,16,19). The first-order chi connectivity index (χ1) is 10.4. The highest BCUT2D eigenvalue weighted by Crippen LogP contribution is 2.33. The van der Waals surface area contributed by atoms with Crippen molar-refractivity contribution in [2.75, 3.05) is 10.6 Å². The van der Waals surface area contributed by atoms with Crippen LogP contribution in [0, 0.1) is 10.1 Å². The van der Waals surface area contributed by atoms with Crippen LogP contribution in [-0.2, 0) is 4.79 Å². The number of nitrogens with one attached hydrogen (secondary N) is 2. The minimum Gasteiger partial charge on any atom is -0.326 e.